The second kappa shape index (κ2) is 10.4. The summed E-state index contributed by atoms with van der Waals surface area (Å²) in [5.41, 5.74) is 1.36. The van der Waals surface area contributed by atoms with Gasteiger partial charge in [0.05, 0.1) is 18.8 Å². The van der Waals surface area contributed by atoms with Gasteiger partial charge >= 0.3 is 0 Å². The molecule has 2 heterocycles. The minimum absolute atomic E-state index is 0.0672. The van der Waals surface area contributed by atoms with Crippen LogP contribution in [0.3, 0.4) is 0 Å². The van der Waals surface area contributed by atoms with Crippen LogP contribution in [0.1, 0.15) is 50.5 Å². The molecule has 0 spiro atoms. The van der Waals surface area contributed by atoms with E-state index in [1.807, 2.05) is 19.1 Å². The first-order valence-corrected chi connectivity index (χ1v) is 10.5. The van der Waals surface area contributed by atoms with Gasteiger partial charge in [0.2, 0.25) is 5.91 Å². The molecule has 1 N–H and O–H groups in total. The third kappa shape index (κ3) is 5.94. The SMILES string of the molecule is CCCN(CC(=O)NC(C)c1ccco1)C1CCCN(Cc2ccccc2)C1. The fourth-order valence-corrected chi connectivity index (χ4v) is 4.07. The summed E-state index contributed by atoms with van der Waals surface area (Å²) in [6, 6.07) is 14.7. The van der Waals surface area contributed by atoms with Crippen molar-refractivity contribution in [1.29, 1.82) is 0 Å². The predicted octanol–water partition coefficient (Wildman–Crippen LogP) is 3.83. The Bertz CT molecular complexity index is 702. The van der Waals surface area contributed by atoms with Gasteiger partial charge in [-0.3, -0.25) is 14.6 Å². The van der Waals surface area contributed by atoms with Gasteiger partial charge in [0.15, 0.2) is 0 Å². The van der Waals surface area contributed by atoms with Crippen molar-refractivity contribution in [3.05, 3.63) is 60.1 Å². The summed E-state index contributed by atoms with van der Waals surface area (Å²) in [6.07, 6.45) is 5.04. The molecule has 5 heteroatoms. The van der Waals surface area contributed by atoms with E-state index in [0.717, 1.165) is 44.8 Å². The van der Waals surface area contributed by atoms with Crippen molar-refractivity contribution in [2.45, 2.75) is 51.7 Å². The van der Waals surface area contributed by atoms with E-state index in [4.69, 9.17) is 4.42 Å². The van der Waals surface area contributed by atoms with Crippen molar-refractivity contribution in [2.24, 2.45) is 0 Å². The van der Waals surface area contributed by atoms with E-state index in [1.54, 1.807) is 6.26 Å². The largest absolute Gasteiger partial charge is 0.467 e. The van der Waals surface area contributed by atoms with Crippen molar-refractivity contribution in [3.8, 4) is 0 Å². The number of furan rings is 1. The Morgan fingerprint density at radius 3 is 2.82 bits per heavy atom. The number of piperidine rings is 1. The van der Waals surface area contributed by atoms with Gasteiger partial charge in [-0.05, 0) is 57.0 Å². The number of likely N-dealkylation sites (tertiary alicyclic amines) is 1. The molecule has 0 bridgehead atoms. The molecular formula is C23H33N3O2. The second-order valence-corrected chi connectivity index (χ2v) is 7.79. The van der Waals surface area contributed by atoms with Crippen molar-refractivity contribution < 1.29 is 9.21 Å². The lowest BCUT2D eigenvalue weighted by molar-refractivity contribution is -0.124. The summed E-state index contributed by atoms with van der Waals surface area (Å²) in [4.78, 5) is 17.5. The Balaban J connectivity index is 1.55. The molecule has 1 aromatic carbocycles. The normalized spacial score (nSPS) is 18.9. The van der Waals surface area contributed by atoms with Crippen LogP contribution in [-0.4, -0.2) is 47.9 Å². The number of amides is 1. The molecular weight excluding hydrogens is 350 g/mol. The molecule has 2 atom stereocenters. The van der Waals surface area contributed by atoms with E-state index < -0.39 is 0 Å². The molecule has 1 amide bonds. The average molecular weight is 384 g/mol. The van der Waals surface area contributed by atoms with Crippen molar-refractivity contribution in [1.82, 2.24) is 15.1 Å². The summed E-state index contributed by atoms with van der Waals surface area (Å²) in [5.74, 6) is 0.861. The Labute approximate surface area is 168 Å². The zero-order valence-electron chi connectivity index (χ0n) is 17.1. The first-order valence-electron chi connectivity index (χ1n) is 10.5. The number of hydrogen-bond acceptors (Lipinski definition) is 4. The van der Waals surface area contributed by atoms with Gasteiger partial charge in [-0.15, -0.1) is 0 Å². The standard InChI is InChI=1S/C23H33N3O2/c1-3-13-26(18-23(27)24-19(2)22-12-8-15-28-22)21-11-7-14-25(17-21)16-20-9-5-4-6-10-20/h4-6,8-10,12,15,19,21H,3,7,11,13-14,16-18H2,1-2H3,(H,24,27). The maximum absolute atomic E-state index is 12.6. The minimum Gasteiger partial charge on any atom is -0.467 e. The van der Waals surface area contributed by atoms with Gasteiger partial charge < -0.3 is 9.73 Å². The first-order chi connectivity index (χ1) is 13.7. The molecule has 0 aliphatic carbocycles. The Kier molecular flexibility index (Phi) is 7.69. The van der Waals surface area contributed by atoms with E-state index >= 15 is 0 Å². The highest BCUT2D eigenvalue weighted by atomic mass is 16.3. The van der Waals surface area contributed by atoms with Gasteiger partial charge in [-0.2, -0.15) is 0 Å². The number of carbonyl (C=O) groups is 1. The quantitative estimate of drug-likeness (QED) is 0.715. The summed E-state index contributed by atoms with van der Waals surface area (Å²) < 4.78 is 5.40. The highest BCUT2D eigenvalue weighted by Crippen LogP contribution is 2.19. The third-order valence-corrected chi connectivity index (χ3v) is 5.45. The van der Waals surface area contributed by atoms with Crippen LogP contribution in [0.4, 0.5) is 0 Å². The molecule has 0 saturated carbocycles. The highest BCUT2D eigenvalue weighted by molar-refractivity contribution is 5.78. The highest BCUT2D eigenvalue weighted by Gasteiger charge is 2.26. The molecule has 1 aliphatic heterocycles. The molecule has 1 saturated heterocycles. The lowest BCUT2D eigenvalue weighted by atomic mass is 10.0. The average Bonchev–Trinajstić information content (AvgIpc) is 3.24. The number of hydrogen-bond donors (Lipinski definition) is 1. The maximum Gasteiger partial charge on any atom is 0.234 e. The van der Waals surface area contributed by atoms with E-state index in [-0.39, 0.29) is 11.9 Å². The predicted molar refractivity (Wildman–Crippen MR) is 112 cm³/mol. The van der Waals surface area contributed by atoms with Crippen molar-refractivity contribution in [3.63, 3.8) is 0 Å². The van der Waals surface area contributed by atoms with Gasteiger partial charge in [0.25, 0.3) is 0 Å². The molecule has 5 nitrogen and oxygen atoms in total. The van der Waals surface area contributed by atoms with E-state index in [0.29, 0.717) is 12.6 Å². The van der Waals surface area contributed by atoms with Gasteiger partial charge in [0.1, 0.15) is 5.76 Å². The number of carbonyl (C=O) groups excluding carboxylic acids is 1. The number of nitrogens with zero attached hydrogens (tertiary/aromatic N) is 2. The topological polar surface area (TPSA) is 48.7 Å². The zero-order chi connectivity index (χ0) is 19.8. The number of rotatable bonds is 9. The summed E-state index contributed by atoms with van der Waals surface area (Å²) in [7, 11) is 0. The smallest absolute Gasteiger partial charge is 0.234 e. The Hall–Kier alpha value is -2.11. The van der Waals surface area contributed by atoms with Crippen LogP contribution in [0.5, 0.6) is 0 Å². The van der Waals surface area contributed by atoms with Crippen LogP contribution in [0, 0.1) is 0 Å². The van der Waals surface area contributed by atoms with Crippen molar-refractivity contribution in [2.75, 3.05) is 26.2 Å². The zero-order valence-corrected chi connectivity index (χ0v) is 17.1. The van der Waals surface area contributed by atoms with Gasteiger partial charge in [0, 0.05) is 19.1 Å². The number of nitrogens with one attached hydrogen (secondary N) is 1. The number of benzene rings is 1. The Morgan fingerprint density at radius 2 is 2.11 bits per heavy atom. The lowest BCUT2D eigenvalue weighted by Gasteiger charge is -2.39. The monoisotopic (exact) mass is 383 g/mol. The summed E-state index contributed by atoms with van der Waals surface area (Å²) in [6.45, 7) is 8.68. The van der Waals surface area contributed by atoms with Crippen LogP contribution in [0.2, 0.25) is 0 Å². The van der Waals surface area contributed by atoms with Crippen LogP contribution < -0.4 is 5.32 Å². The molecule has 2 aromatic rings. The molecule has 1 aliphatic rings. The van der Waals surface area contributed by atoms with Gasteiger partial charge in [-0.25, -0.2) is 0 Å². The van der Waals surface area contributed by atoms with Crippen molar-refractivity contribution >= 4 is 5.91 Å². The molecule has 152 valence electrons. The van der Waals surface area contributed by atoms with E-state index in [9.17, 15) is 4.79 Å². The fraction of sp³-hybridized carbons (Fsp3) is 0.522. The molecule has 2 unspecified atom stereocenters. The van der Waals surface area contributed by atoms with E-state index in [1.165, 1.54) is 12.0 Å². The summed E-state index contributed by atoms with van der Waals surface area (Å²) in [5, 5.41) is 3.07. The third-order valence-electron chi connectivity index (χ3n) is 5.45. The minimum atomic E-state index is -0.105. The fourth-order valence-electron chi connectivity index (χ4n) is 4.07. The lowest BCUT2D eigenvalue weighted by Crippen LogP contribution is -2.51. The molecule has 0 radical (unpaired) electrons. The molecule has 3 rings (SSSR count). The van der Waals surface area contributed by atoms with Gasteiger partial charge in [-0.1, -0.05) is 37.3 Å². The molecule has 1 fully saturated rings. The van der Waals surface area contributed by atoms with Crippen LogP contribution in [-0.2, 0) is 11.3 Å². The Morgan fingerprint density at radius 1 is 1.29 bits per heavy atom. The molecule has 1 aromatic heterocycles. The maximum atomic E-state index is 12.6. The van der Waals surface area contributed by atoms with Crippen LogP contribution in [0.25, 0.3) is 0 Å². The second-order valence-electron chi connectivity index (χ2n) is 7.79. The summed E-state index contributed by atoms with van der Waals surface area (Å²) >= 11 is 0. The van der Waals surface area contributed by atoms with Crippen LogP contribution >= 0.6 is 0 Å². The van der Waals surface area contributed by atoms with E-state index in [2.05, 4.69) is 52.4 Å². The van der Waals surface area contributed by atoms with Crippen LogP contribution in [0.15, 0.2) is 53.1 Å². The molecule has 28 heavy (non-hydrogen) atoms. The first kappa shape index (κ1) is 20.6.